The van der Waals surface area contributed by atoms with Gasteiger partial charge in [-0.25, -0.2) is 0 Å². The highest BCUT2D eigenvalue weighted by Gasteiger charge is 2.59. The highest BCUT2D eigenvalue weighted by atomic mass is 32.1. The third-order valence-electron chi connectivity index (χ3n) is 14.3. The molecule has 3 nitrogen and oxygen atoms in total. The summed E-state index contributed by atoms with van der Waals surface area (Å²) < 4.78 is 10.3. The van der Waals surface area contributed by atoms with Crippen molar-refractivity contribution in [2.75, 3.05) is 0 Å². The molecule has 7 heterocycles. The summed E-state index contributed by atoms with van der Waals surface area (Å²) in [6, 6.07) is 46.3. The number of pyridine rings is 2. The van der Waals surface area contributed by atoms with E-state index in [9.17, 15) is 0 Å². The lowest BCUT2D eigenvalue weighted by atomic mass is 9.58. The molecule has 0 spiro atoms. The molecule has 0 amide bonds. The van der Waals surface area contributed by atoms with Crippen molar-refractivity contribution >= 4 is 75.3 Å². The molecule has 2 atom stereocenters. The minimum absolute atomic E-state index is 0.00652. The van der Waals surface area contributed by atoms with Gasteiger partial charge in [0.05, 0.1) is 33.9 Å². The maximum atomic E-state index is 4.88. The minimum atomic E-state index is -0.329. The predicted octanol–water partition coefficient (Wildman–Crippen LogP) is 12.9. The van der Waals surface area contributed by atoms with Crippen molar-refractivity contribution < 1.29 is 9.13 Å². The molecule has 12 rings (SSSR count). The van der Waals surface area contributed by atoms with E-state index in [-0.39, 0.29) is 16.4 Å². The lowest BCUT2D eigenvalue weighted by Gasteiger charge is -2.47. The van der Waals surface area contributed by atoms with E-state index >= 15 is 0 Å². The highest BCUT2D eigenvalue weighted by molar-refractivity contribution is 7.26. The molecule has 10 aromatic rings. The molecule has 5 aromatic carbocycles. The van der Waals surface area contributed by atoms with Gasteiger partial charge in [0.25, 0.3) is 0 Å². The number of nitrogens with zero attached hydrogens (tertiary/aromatic N) is 3. The van der Waals surface area contributed by atoms with Gasteiger partial charge in [-0.05, 0) is 90.9 Å². The second-order valence-electron chi connectivity index (χ2n) is 18.3. The van der Waals surface area contributed by atoms with Crippen molar-refractivity contribution in [3.05, 3.63) is 157 Å². The zero-order valence-electron chi connectivity index (χ0n) is 33.3. The number of aryl methyl sites for hydroxylation is 1. The summed E-state index contributed by atoms with van der Waals surface area (Å²) in [6.45, 7) is 17.0. The fourth-order valence-electron chi connectivity index (χ4n) is 11.1. The first-order valence-corrected chi connectivity index (χ1v) is 21.3. The van der Waals surface area contributed by atoms with Gasteiger partial charge in [-0.1, -0.05) is 75.4 Å². The lowest BCUT2D eigenvalue weighted by molar-refractivity contribution is -0.766. The maximum absolute atomic E-state index is 4.88. The molecule has 0 bridgehead atoms. The molecular formula is C53H45N3S+2. The first-order valence-electron chi connectivity index (χ1n) is 20.5. The Morgan fingerprint density at radius 1 is 0.667 bits per heavy atom. The van der Waals surface area contributed by atoms with Crippen LogP contribution in [0.5, 0.6) is 0 Å². The highest BCUT2D eigenvalue weighted by Crippen LogP contribution is 2.54. The zero-order chi connectivity index (χ0) is 38.6. The average molecular weight is 756 g/mol. The first-order chi connectivity index (χ1) is 27.5. The number of rotatable bonds is 0. The van der Waals surface area contributed by atoms with Crippen molar-refractivity contribution in [3.8, 4) is 22.5 Å². The molecule has 276 valence electrons. The van der Waals surface area contributed by atoms with Gasteiger partial charge >= 0.3 is 0 Å². The van der Waals surface area contributed by atoms with Gasteiger partial charge in [0.1, 0.15) is 0 Å². The van der Waals surface area contributed by atoms with Gasteiger partial charge in [-0.3, -0.25) is 0 Å². The summed E-state index contributed by atoms with van der Waals surface area (Å²) in [5.74, 6) is 0. The van der Waals surface area contributed by atoms with Crippen LogP contribution in [0.4, 0.5) is 0 Å². The topological polar surface area (TPSA) is 12.2 Å². The van der Waals surface area contributed by atoms with Crippen molar-refractivity contribution in [2.24, 2.45) is 0 Å². The Morgan fingerprint density at radius 2 is 1.46 bits per heavy atom. The summed E-state index contributed by atoms with van der Waals surface area (Å²) >= 11 is 1.91. The van der Waals surface area contributed by atoms with Crippen LogP contribution in [0.1, 0.15) is 64.2 Å². The van der Waals surface area contributed by atoms with Crippen LogP contribution < -0.4 is 9.13 Å². The number of benzene rings is 5. The number of thiophene rings is 1. The van der Waals surface area contributed by atoms with E-state index in [1.807, 2.05) is 11.3 Å². The van der Waals surface area contributed by atoms with Crippen molar-refractivity contribution in [1.82, 2.24) is 4.40 Å². The largest absolute Gasteiger partial charge is 0.308 e. The molecule has 5 aromatic heterocycles. The Hall–Kier alpha value is -5.84. The van der Waals surface area contributed by atoms with Gasteiger partial charge in [0, 0.05) is 78.5 Å². The van der Waals surface area contributed by atoms with Gasteiger partial charge < -0.3 is 4.40 Å². The van der Waals surface area contributed by atoms with E-state index in [1.54, 1.807) is 0 Å². The van der Waals surface area contributed by atoms with Crippen LogP contribution in [-0.2, 0) is 22.8 Å². The van der Waals surface area contributed by atoms with Crippen LogP contribution in [0.25, 0.3) is 86.5 Å². The maximum Gasteiger partial charge on any atom is 0.218 e. The number of fused-ring (bicyclic) bond motifs is 19. The Kier molecular flexibility index (Phi) is 6.53. The Balaban J connectivity index is 1.20. The van der Waals surface area contributed by atoms with Gasteiger partial charge in [-0.15, -0.1) is 11.3 Å². The van der Waals surface area contributed by atoms with E-state index in [1.165, 1.54) is 97.5 Å². The minimum Gasteiger partial charge on any atom is -0.308 e. The molecule has 0 saturated heterocycles. The molecule has 57 heavy (non-hydrogen) atoms. The van der Waals surface area contributed by atoms with Gasteiger partial charge in [0.2, 0.25) is 11.4 Å². The van der Waals surface area contributed by atoms with E-state index < -0.39 is 0 Å². The molecule has 0 aliphatic carbocycles. The molecule has 0 radical (unpaired) electrons. The SMILES string of the molecule is C=C1CC2(C)[n+]3ccc(C(C)(C)C)cc3-c3cc4c5cccc6c7c8c(ccc7n(c4cc3C2(C)CCc2ccccc2-c2cccc[n+]21)c56)sc1ccccc18. The molecule has 2 aliphatic rings. The second kappa shape index (κ2) is 11.2. The van der Waals surface area contributed by atoms with Crippen molar-refractivity contribution in [3.63, 3.8) is 0 Å². The molecule has 4 heteroatoms. The molecule has 2 aliphatic heterocycles. The van der Waals surface area contributed by atoms with E-state index in [0.717, 1.165) is 25.0 Å². The number of hydrogen-bond acceptors (Lipinski definition) is 1. The monoisotopic (exact) mass is 755 g/mol. The normalized spacial score (nSPS) is 19.6. The first kappa shape index (κ1) is 33.3. The predicted molar refractivity (Wildman–Crippen MR) is 240 cm³/mol. The van der Waals surface area contributed by atoms with Gasteiger partial charge in [-0.2, -0.15) is 9.13 Å². The molecule has 0 saturated carbocycles. The fraction of sp³-hybridized carbons (Fsp3) is 0.208. The molecular weight excluding hydrogens is 711 g/mol. The van der Waals surface area contributed by atoms with Crippen molar-refractivity contribution in [2.45, 2.75) is 70.3 Å². The smallest absolute Gasteiger partial charge is 0.218 e. The standard InChI is InChI=1S/C53H45N3S/c1-32-31-53(6)52(5,25-23-33-14-7-8-15-35(33)42-19-11-12-26-54(32)42)41-30-45-39(29-40(41)44-28-34(51(2,3)4)24-27-55(44)53)36-17-13-18-38-48-43(56(45)50(36)38)21-22-47-49(48)37-16-9-10-20-46(37)57-47/h7-22,24,26-30H,1,23,25,31H2,2-6H3/q+2. The Bertz CT molecular complexity index is 3370. The second-order valence-corrected chi connectivity index (χ2v) is 19.3. The van der Waals surface area contributed by atoms with Crippen LogP contribution in [0.2, 0.25) is 0 Å². The molecule has 0 N–H and O–H groups in total. The quantitative estimate of drug-likeness (QED) is 0.137. The fourth-order valence-corrected chi connectivity index (χ4v) is 12.2. The summed E-state index contributed by atoms with van der Waals surface area (Å²) in [5, 5.41) is 8.11. The third-order valence-corrected chi connectivity index (χ3v) is 15.4. The summed E-state index contributed by atoms with van der Waals surface area (Å²) in [5.41, 5.74) is 13.8. The van der Waals surface area contributed by atoms with E-state index in [4.69, 9.17) is 6.58 Å². The van der Waals surface area contributed by atoms with E-state index in [2.05, 4.69) is 182 Å². The summed E-state index contributed by atoms with van der Waals surface area (Å²) in [7, 11) is 0. The Labute approximate surface area is 337 Å². The number of aromatic nitrogens is 3. The van der Waals surface area contributed by atoms with Crippen molar-refractivity contribution in [1.29, 1.82) is 0 Å². The molecule has 0 fully saturated rings. The van der Waals surface area contributed by atoms with Crippen LogP contribution >= 0.6 is 11.3 Å². The summed E-state index contributed by atoms with van der Waals surface area (Å²) in [4.78, 5) is 0. The number of hydrogen-bond donors (Lipinski definition) is 0. The lowest BCUT2D eigenvalue weighted by Crippen LogP contribution is -2.68. The summed E-state index contributed by atoms with van der Waals surface area (Å²) in [6.07, 6.45) is 7.38. The van der Waals surface area contributed by atoms with Crippen LogP contribution in [0.3, 0.4) is 0 Å². The third kappa shape index (κ3) is 4.27. The molecule has 2 unspecified atom stereocenters. The van der Waals surface area contributed by atoms with Crippen LogP contribution in [0, 0.1) is 0 Å². The Morgan fingerprint density at radius 3 is 2.33 bits per heavy atom. The van der Waals surface area contributed by atoms with Crippen LogP contribution in [0.15, 0.2) is 140 Å². The van der Waals surface area contributed by atoms with Gasteiger partial charge in [0.15, 0.2) is 23.6 Å². The van der Waals surface area contributed by atoms with E-state index in [0.29, 0.717) is 0 Å². The average Bonchev–Trinajstić information content (AvgIpc) is 3.88. The zero-order valence-corrected chi connectivity index (χ0v) is 34.1. The number of allylic oxidation sites excluding steroid dienone is 1. The number of para-hydroxylation sites is 1. The van der Waals surface area contributed by atoms with Crippen LogP contribution in [-0.4, -0.2) is 4.40 Å².